The van der Waals surface area contributed by atoms with Crippen molar-refractivity contribution < 1.29 is 19.0 Å². The third-order valence-electron chi connectivity index (χ3n) is 3.51. The maximum atomic E-state index is 12.3. The molecule has 0 fully saturated rings. The van der Waals surface area contributed by atoms with Crippen LogP contribution in [0.15, 0.2) is 48.0 Å². The topological polar surface area (TPSA) is 80.6 Å². The highest BCUT2D eigenvalue weighted by Crippen LogP contribution is 2.29. The molecule has 2 aromatic carbocycles. The summed E-state index contributed by atoms with van der Waals surface area (Å²) in [6.07, 6.45) is 1.50. The first-order valence-corrected chi connectivity index (χ1v) is 7.99. The van der Waals surface area contributed by atoms with E-state index in [4.69, 9.17) is 14.2 Å². The molecular formula is C20H20N2O4. The second-order valence-corrected chi connectivity index (χ2v) is 5.20. The van der Waals surface area contributed by atoms with Gasteiger partial charge in [-0.15, -0.1) is 0 Å². The van der Waals surface area contributed by atoms with E-state index >= 15 is 0 Å². The van der Waals surface area contributed by atoms with Crippen molar-refractivity contribution in [3.8, 4) is 23.3 Å². The number of rotatable bonds is 7. The van der Waals surface area contributed by atoms with Gasteiger partial charge in [0.1, 0.15) is 17.4 Å². The van der Waals surface area contributed by atoms with Crippen molar-refractivity contribution in [3.63, 3.8) is 0 Å². The summed E-state index contributed by atoms with van der Waals surface area (Å²) >= 11 is 0. The zero-order chi connectivity index (χ0) is 18.9. The number of amides is 1. The Labute approximate surface area is 152 Å². The van der Waals surface area contributed by atoms with Gasteiger partial charge in [-0.3, -0.25) is 4.79 Å². The standard InChI is InChI=1S/C20H20N2O4/c1-4-26-18-10-5-14(12-19(18)25-3)11-15(13-21)20(23)22-16-6-8-17(24-2)9-7-16/h5-12H,4H2,1-3H3,(H,22,23)/b15-11+. The summed E-state index contributed by atoms with van der Waals surface area (Å²) in [5.41, 5.74) is 1.21. The number of hydrogen-bond donors (Lipinski definition) is 1. The first-order valence-electron chi connectivity index (χ1n) is 7.99. The number of benzene rings is 2. The van der Waals surface area contributed by atoms with Crippen molar-refractivity contribution in [3.05, 3.63) is 53.6 Å². The summed E-state index contributed by atoms with van der Waals surface area (Å²) in [6.45, 7) is 2.39. The normalized spacial score (nSPS) is 10.6. The van der Waals surface area contributed by atoms with Gasteiger partial charge in [-0.2, -0.15) is 5.26 Å². The van der Waals surface area contributed by atoms with Crippen LogP contribution in [0, 0.1) is 11.3 Å². The van der Waals surface area contributed by atoms with E-state index in [1.54, 1.807) is 49.6 Å². The SMILES string of the molecule is CCOc1ccc(/C=C(\C#N)C(=O)Nc2ccc(OC)cc2)cc1OC. The monoisotopic (exact) mass is 352 g/mol. The molecule has 0 atom stereocenters. The van der Waals surface area contributed by atoms with Gasteiger partial charge in [0, 0.05) is 5.69 Å². The average molecular weight is 352 g/mol. The summed E-state index contributed by atoms with van der Waals surface area (Å²) < 4.78 is 15.8. The van der Waals surface area contributed by atoms with Crippen LogP contribution in [-0.2, 0) is 4.79 Å². The van der Waals surface area contributed by atoms with E-state index in [0.29, 0.717) is 35.1 Å². The summed E-state index contributed by atoms with van der Waals surface area (Å²) in [5, 5.41) is 12.0. The van der Waals surface area contributed by atoms with E-state index in [2.05, 4.69) is 5.32 Å². The van der Waals surface area contributed by atoms with Gasteiger partial charge in [0.15, 0.2) is 11.5 Å². The van der Waals surface area contributed by atoms with Crippen molar-refractivity contribution in [2.45, 2.75) is 6.92 Å². The Morgan fingerprint density at radius 2 is 1.85 bits per heavy atom. The molecule has 0 heterocycles. The predicted molar refractivity (Wildman–Crippen MR) is 99.4 cm³/mol. The molecule has 0 aliphatic rings. The Kier molecular flexibility index (Phi) is 6.63. The second kappa shape index (κ2) is 9.14. The predicted octanol–water partition coefficient (Wildman–Crippen LogP) is 3.65. The van der Waals surface area contributed by atoms with E-state index < -0.39 is 5.91 Å². The van der Waals surface area contributed by atoms with Crippen LogP contribution in [0.2, 0.25) is 0 Å². The van der Waals surface area contributed by atoms with E-state index in [1.165, 1.54) is 13.2 Å². The van der Waals surface area contributed by atoms with Gasteiger partial charge in [0.25, 0.3) is 5.91 Å². The van der Waals surface area contributed by atoms with Gasteiger partial charge < -0.3 is 19.5 Å². The number of nitriles is 1. The third-order valence-corrected chi connectivity index (χ3v) is 3.51. The van der Waals surface area contributed by atoms with E-state index in [9.17, 15) is 10.1 Å². The van der Waals surface area contributed by atoms with Crippen molar-refractivity contribution in [1.29, 1.82) is 5.26 Å². The number of ether oxygens (including phenoxy) is 3. The molecule has 0 aliphatic carbocycles. The molecule has 0 aromatic heterocycles. The Balaban J connectivity index is 2.20. The molecular weight excluding hydrogens is 332 g/mol. The molecule has 26 heavy (non-hydrogen) atoms. The van der Waals surface area contributed by atoms with Crippen LogP contribution in [0.1, 0.15) is 12.5 Å². The van der Waals surface area contributed by atoms with Gasteiger partial charge in [-0.1, -0.05) is 6.07 Å². The highest BCUT2D eigenvalue weighted by molar-refractivity contribution is 6.09. The molecule has 6 nitrogen and oxygen atoms in total. The zero-order valence-electron chi connectivity index (χ0n) is 14.9. The molecule has 0 aliphatic heterocycles. The number of methoxy groups -OCH3 is 2. The number of anilines is 1. The van der Waals surface area contributed by atoms with Crippen molar-refractivity contribution in [1.82, 2.24) is 0 Å². The average Bonchev–Trinajstić information content (AvgIpc) is 2.67. The quantitative estimate of drug-likeness (QED) is 0.608. The maximum Gasteiger partial charge on any atom is 0.266 e. The number of carbonyl (C=O) groups excluding carboxylic acids is 1. The molecule has 0 radical (unpaired) electrons. The van der Waals surface area contributed by atoms with Crippen LogP contribution < -0.4 is 19.5 Å². The molecule has 2 aromatic rings. The molecule has 0 saturated heterocycles. The number of carbonyl (C=O) groups is 1. The fraction of sp³-hybridized carbons (Fsp3) is 0.200. The lowest BCUT2D eigenvalue weighted by Gasteiger charge is -2.10. The van der Waals surface area contributed by atoms with Gasteiger partial charge in [0.2, 0.25) is 0 Å². The lowest BCUT2D eigenvalue weighted by molar-refractivity contribution is -0.112. The summed E-state index contributed by atoms with van der Waals surface area (Å²) in [4.78, 5) is 12.3. The lowest BCUT2D eigenvalue weighted by atomic mass is 10.1. The van der Waals surface area contributed by atoms with Gasteiger partial charge in [0.05, 0.1) is 20.8 Å². The van der Waals surface area contributed by atoms with Crippen LogP contribution in [0.4, 0.5) is 5.69 Å². The fourth-order valence-corrected chi connectivity index (χ4v) is 2.24. The second-order valence-electron chi connectivity index (χ2n) is 5.20. The smallest absolute Gasteiger partial charge is 0.266 e. The summed E-state index contributed by atoms with van der Waals surface area (Å²) in [7, 11) is 3.10. The minimum atomic E-state index is -0.495. The Bertz CT molecular complexity index is 836. The zero-order valence-corrected chi connectivity index (χ0v) is 14.9. The molecule has 6 heteroatoms. The number of hydrogen-bond acceptors (Lipinski definition) is 5. The van der Waals surface area contributed by atoms with E-state index in [-0.39, 0.29) is 5.57 Å². The first-order chi connectivity index (χ1) is 12.6. The molecule has 2 rings (SSSR count). The Hall–Kier alpha value is -3.46. The number of nitrogens with zero attached hydrogens (tertiary/aromatic N) is 1. The van der Waals surface area contributed by atoms with Crippen LogP contribution in [0.25, 0.3) is 6.08 Å². The minimum absolute atomic E-state index is 0.0213. The van der Waals surface area contributed by atoms with Gasteiger partial charge >= 0.3 is 0 Å². The van der Waals surface area contributed by atoms with Crippen LogP contribution in [-0.4, -0.2) is 26.7 Å². The largest absolute Gasteiger partial charge is 0.497 e. The van der Waals surface area contributed by atoms with E-state index in [0.717, 1.165) is 0 Å². The van der Waals surface area contributed by atoms with Gasteiger partial charge in [-0.25, -0.2) is 0 Å². The molecule has 0 unspecified atom stereocenters. The van der Waals surface area contributed by atoms with Gasteiger partial charge in [-0.05, 0) is 55.0 Å². The van der Waals surface area contributed by atoms with E-state index in [1.807, 2.05) is 13.0 Å². The molecule has 1 N–H and O–H groups in total. The van der Waals surface area contributed by atoms with Crippen molar-refractivity contribution in [2.24, 2.45) is 0 Å². The fourth-order valence-electron chi connectivity index (χ4n) is 2.24. The summed E-state index contributed by atoms with van der Waals surface area (Å²) in [5.74, 6) is 1.33. The lowest BCUT2D eigenvalue weighted by Crippen LogP contribution is -2.13. The number of nitrogens with one attached hydrogen (secondary N) is 1. The Morgan fingerprint density at radius 3 is 2.42 bits per heavy atom. The van der Waals surface area contributed by atoms with Crippen LogP contribution >= 0.6 is 0 Å². The molecule has 0 spiro atoms. The molecule has 134 valence electrons. The highest BCUT2D eigenvalue weighted by atomic mass is 16.5. The first kappa shape index (κ1) is 18.9. The van der Waals surface area contributed by atoms with Crippen LogP contribution in [0.5, 0.6) is 17.2 Å². The Morgan fingerprint density at radius 1 is 1.12 bits per heavy atom. The highest BCUT2D eigenvalue weighted by Gasteiger charge is 2.11. The maximum absolute atomic E-state index is 12.3. The van der Waals surface area contributed by atoms with Crippen LogP contribution in [0.3, 0.4) is 0 Å². The molecule has 1 amide bonds. The van der Waals surface area contributed by atoms with Crippen molar-refractivity contribution in [2.75, 3.05) is 26.1 Å². The minimum Gasteiger partial charge on any atom is -0.497 e. The third kappa shape index (κ3) is 4.77. The molecule has 0 saturated carbocycles. The molecule has 0 bridgehead atoms. The van der Waals surface area contributed by atoms with Crippen molar-refractivity contribution >= 4 is 17.7 Å². The summed E-state index contributed by atoms with van der Waals surface area (Å²) in [6, 6.07) is 14.0.